The number of nitrogens with one attached hydrogen (secondary N) is 1. The molecule has 1 N–H and O–H groups in total. The minimum atomic E-state index is -3.47. The van der Waals surface area contributed by atoms with Gasteiger partial charge in [-0.1, -0.05) is 48.5 Å². The molecular formula is C26H30N2O4S. The second-order valence-corrected chi connectivity index (χ2v) is 9.94. The van der Waals surface area contributed by atoms with E-state index < -0.39 is 10.0 Å². The summed E-state index contributed by atoms with van der Waals surface area (Å²) < 4.78 is 31.8. The Balaban J connectivity index is 1.55. The second-order valence-electron chi connectivity index (χ2n) is 8.03. The van der Waals surface area contributed by atoms with Gasteiger partial charge in [0.25, 0.3) is 5.91 Å². The topological polar surface area (TPSA) is 75.7 Å². The molecule has 0 aliphatic carbocycles. The van der Waals surface area contributed by atoms with Crippen molar-refractivity contribution < 1.29 is 17.9 Å². The fourth-order valence-electron chi connectivity index (χ4n) is 3.31. The predicted octanol–water partition coefficient (Wildman–Crippen LogP) is 4.22. The maximum atomic E-state index is 12.4. The summed E-state index contributed by atoms with van der Waals surface area (Å²) in [6.45, 7) is 5.46. The van der Waals surface area contributed by atoms with Crippen LogP contribution in [0.1, 0.15) is 32.6 Å². The average Bonchev–Trinajstić information content (AvgIpc) is 2.79. The summed E-state index contributed by atoms with van der Waals surface area (Å²) in [5.41, 5.74) is 5.15. The van der Waals surface area contributed by atoms with Crippen molar-refractivity contribution in [3.05, 3.63) is 101 Å². The molecule has 3 aromatic rings. The fraction of sp³-hybridized carbons (Fsp3) is 0.269. The van der Waals surface area contributed by atoms with Gasteiger partial charge in [0.15, 0.2) is 0 Å². The van der Waals surface area contributed by atoms with Gasteiger partial charge in [0, 0.05) is 12.1 Å². The van der Waals surface area contributed by atoms with Crippen LogP contribution in [0.2, 0.25) is 0 Å². The largest absolute Gasteiger partial charge is 0.375 e. The van der Waals surface area contributed by atoms with E-state index in [2.05, 4.69) is 5.32 Å². The molecule has 0 aliphatic heterocycles. The van der Waals surface area contributed by atoms with Gasteiger partial charge in [-0.05, 0) is 60.4 Å². The number of aryl methyl sites for hydroxylation is 2. The van der Waals surface area contributed by atoms with Crippen LogP contribution in [-0.4, -0.2) is 33.7 Å². The normalized spacial score (nSPS) is 11.2. The van der Waals surface area contributed by atoms with Crippen molar-refractivity contribution in [1.82, 2.24) is 5.32 Å². The molecule has 0 heterocycles. The lowest BCUT2D eigenvalue weighted by atomic mass is 10.1. The molecule has 3 aromatic carbocycles. The highest BCUT2D eigenvalue weighted by Crippen LogP contribution is 2.23. The Labute approximate surface area is 196 Å². The van der Waals surface area contributed by atoms with E-state index in [9.17, 15) is 13.2 Å². The van der Waals surface area contributed by atoms with Crippen molar-refractivity contribution in [1.29, 1.82) is 0 Å². The van der Waals surface area contributed by atoms with E-state index in [1.165, 1.54) is 10.6 Å². The molecule has 0 atom stereocenters. The fourth-order valence-corrected chi connectivity index (χ4v) is 4.19. The molecule has 0 aliphatic rings. The first-order chi connectivity index (χ1) is 15.7. The lowest BCUT2D eigenvalue weighted by Crippen LogP contribution is -2.29. The van der Waals surface area contributed by atoms with Gasteiger partial charge in [0.1, 0.15) is 0 Å². The van der Waals surface area contributed by atoms with Crippen molar-refractivity contribution in [3.63, 3.8) is 0 Å². The Kier molecular flexibility index (Phi) is 8.25. The number of carbonyl (C=O) groups excluding carboxylic acids is 1. The highest BCUT2D eigenvalue weighted by atomic mass is 32.2. The van der Waals surface area contributed by atoms with Crippen molar-refractivity contribution in [2.24, 2.45) is 0 Å². The zero-order chi connectivity index (χ0) is 23.8. The zero-order valence-electron chi connectivity index (χ0n) is 19.2. The Bertz CT molecular complexity index is 1180. The van der Waals surface area contributed by atoms with E-state index in [1.807, 2.05) is 62.4 Å². The minimum Gasteiger partial charge on any atom is -0.375 e. The van der Waals surface area contributed by atoms with Crippen LogP contribution in [0.25, 0.3) is 0 Å². The summed E-state index contributed by atoms with van der Waals surface area (Å²) in [6, 6.07) is 22.4. The molecule has 0 spiro atoms. The summed E-state index contributed by atoms with van der Waals surface area (Å²) in [5, 5.41) is 2.84. The van der Waals surface area contributed by atoms with E-state index in [0.29, 0.717) is 31.0 Å². The molecule has 0 radical (unpaired) electrons. The van der Waals surface area contributed by atoms with Crippen LogP contribution in [0.5, 0.6) is 0 Å². The standard InChI is InChI=1S/C26H30N2O4S/c1-20-9-14-25(17-21(20)2)28(33(3,30)31)18-22-10-12-24(13-11-22)26(29)27-15-16-32-19-23-7-5-4-6-8-23/h4-14,17H,15-16,18-19H2,1-3H3,(H,27,29). The number of carbonyl (C=O) groups is 1. The molecule has 0 bridgehead atoms. The maximum Gasteiger partial charge on any atom is 0.251 e. The van der Waals surface area contributed by atoms with Crippen molar-refractivity contribution in [2.75, 3.05) is 23.7 Å². The van der Waals surface area contributed by atoms with Crippen LogP contribution < -0.4 is 9.62 Å². The van der Waals surface area contributed by atoms with Crippen molar-refractivity contribution >= 4 is 21.6 Å². The first kappa shape index (κ1) is 24.5. The van der Waals surface area contributed by atoms with Gasteiger partial charge in [-0.15, -0.1) is 0 Å². The maximum absolute atomic E-state index is 12.4. The molecular weight excluding hydrogens is 436 g/mol. The quantitative estimate of drug-likeness (QED) is 0.454. The van der Waals surface area contributed by atoms with Crippen LogP contribution in [0.15, 0.2) is 72.8 Å². The van der Waals surface area contributed by atoms with Crippen LogP contribution in [-0.2, 0) is 27.9 Å². The number of hydrogen-bond donors (Lipinski definition) is 1. The number of sulfonamides is 1. The number of rotatable bonds is 10. The van der Waals surface area contributed by atoms with Gasteiger partial charge in [-0.3, -0.25) is 9.10 Å². The van der Waals surface area contributed by atoms with Crippen LogP contribution in [0.4, 0.5) is 5.69 Å². The van der Waals surface area contributed by atoms with Crippen molar-refractivity contribution in [2.45, 2.75) is 27.0 Å². The zero-order valence-corrected chi connectivity index (χ0v) is 20.1. The predicted molar refractivity (Wildman–Crippen MR) is 132 cm³/mol. The smallest absolute Gasteiger partial charge is 0.251 e. The third-order valence-electron chi connectivity index (χ3n) is 5.36. The molecule has 3 rings (SSSR count). The summed E-state index contributed by atoms with van der Waals surface area (Å²) in [7, 11) is -3.47. The first-order valence-corrected chi connectivity index (χ1v) is 12.6. The number of ether oxygens (including phenoxy) is 1. The molecule has 0 fully saturated rings. The van der Waals surface area contributed by atoms with Gasteiger partial charge in [-0.25, -0.2) is 8.42 Å². The highest BCUT2D eigenvalue weighted by molar-refractivity contribution is 7.92. The number of benzene rings is 3. The first-order valence-electron chi connectivity index (χ1n) is 10.8. The van der Waals surface area contributed by atoms with Gasteiger partial charge in [0.05, 0.1) is 31.7 Å². The summed E-state index contributed by atoms with van der Waals surface area (Å²) in [5.74, 6) is -0.195. The molecule has 0 saturated heterocycles. The van der Waals surface area contributed by atoms with Crippen molar-refractivity contribution in [3.8, 4) is 0 Å². The molecule has 174 valence electrons. The number of nitrogens with zero attached hydrogens (tertiary/aromatic N) is 1. The summed E-state index contributed by atoms with van der Waals surface area (Å²) >= 11 is 0. The molecule has 0 saturated carbocycles. The lowest BCUT2D eigenvalue weighted by molar-refractivity contribution is 0.0901. The van der Waals surface area contributed by atoms with Gasteiger partial charge >= 0.3 is 0 Å². The van der Waals surface area contributed by atoms with Gasteiger partial charge in [0.2, 0.25) is 10.0 Å². The van der Waals surface area contributed by atoms with E-state index in [-0.39, 0.29) is 12.5 Å². The molecule has 6 nitrogen and oxygen atoms in total. The van der Waals surface area contributed by atoms with E-state index in [1.54, 1.807) is 24.3 Å². The Morgan fingerprint density at radius 1 is 0.909 bits per heavy atom. The van der Waals surface area contributed by atoms with E-state index in [4.69, 9.17) is 4.74 Å². The summed E-state index contributed by atoms with van der Waals surface area (Å²) in [4.78, 5) is 12.4. The van der Waals surface area contributed by atoms with Gasteiger partial charge < -0.3 is 10.1 Å². The Morgan fingerprint density at radius 3 is 2.24 bits per heavy atom. The monoisotopic (exact) mass is 466 g/mol. The molecule has 33 heavy (non-hydrogen) atoms. The third kappa shape index (κ3) is 7.17. The summed E-state index contributed by atoms with van der Waals surface area (Å²) in [6.07, 6.45) is 1.20. The second kappa shape index (κ2) is 11.1. The number of anilines is 1. The van der Waals surface area contributed by atoms with Crippen LogP contribution >= 0.6 is 0 Å². The number of hydrogen-bond acceptors (Lipinski definition) is 4. The van der Waals surface area contributed by atoms with E-state index >= 15 is 0 Å². The minimum absolute atomic E-state index is 0.191. The average molecular weight is 467 g/mol. The van der Waals surface area contributed by atoms with Gasteiger partial charge in [-0.2, -0.15) is 0 Å². The lowest BCUT2D eigenvalue weighted by Gasteiger charge is -2.23. The Morgan fingerprint density at radius 2 is 1.61 bits per heavy atom. The Hall–Kier alpha value is -3.16. The highest BCUT2D eigenvalue weighted by Gasteiger charge is 2.18. The van der Waals surface area contributed by atoms with Crippen LogP contribution in [0.3, 0.4) is 0 Å². The SMILES string of the molecule is Cc1ccc(N(Cc2ccc(C(=O)NCCOCc3ccccc3)cc2)S(C)(=O)=O)cc1C. The molecule has 0 unspecified atom stereocenters. The van der Waals surface area contributed by atoms with E-state index in [0.717, 1.165) is 22.3 Å². The number of amides is 1. The van der Waals surface area contributed by atoms with Crippen LogP contribution in [0, 0.1) is 13.8 Å². The third-order valence-corrected chi connectivity index (χ3v) is 6.51. The molecule has 0 aromatic heterocycles. The molecule has 7 heteroatoms. The molecule has 1 amide bonds.